The molecular weight excluding hydrogens is 294 g/mol. The summed E-state index contributed by atoms with van der Waals surface area (Å²) in [5, 5.41) is 6.98. The van der Waals surface area contributed by atoms with Gasteiger partial charge in [-0.05, 0) is 37.6 Å². The monoisotopic (exact) mass is 317 g/mol. The first-order chi connectivity index (χ1) is 11.1. The van der Waals surface area contributed by atoms with E-state index in [1.807, 2.05) is 37.4 Å². The Hall–Kier alpha value is -2.05. The molecule has 0 radical (unpaired) electrons. The van der Waals surface area contributed by atoms with Crippen molar-refractivity contribution in [2.45, 2.75) is 25.4 Å². The summed E-state index contributed by atoms with van der Waals surface area (Å²) in [4.78, 5) is 12.2. The second kappa shape index (κ2) is 6.60. The van der Waals surface area contributed by atoms with Crippen molar-refractivity contribution < 1.29 is 14.3 Å². The van der Waals surface area contributed by atoms with E-state index < -0.39 is 0 Å². The molecule has 2 aromatic rings. The number of aromatic nitrogens is 1. The number of hydrogen-bond donors (Lipinski definition) is 2. The van der Waals surface area contributed by atoms with Gasteiger partial charge >= 0.3 is 6.03 Å². The minimum absolute atomic E-state index is 0.198. The summed E-state index contributed by atoms with van der Waals surface area (Å²) in [6.45, 7) is 4.73. The lowest BCUT2D eigenvalue weighted by molar-refractivity contribution is 0.172. The van der Waals surface area contributed by atoms with Crippen LogP contribution in [0.4, 0.5) is 10.5 Å². The fourth-order valence-corrected chi connectivity index (χ4v) is 2.86. The Morgan fingerprint density at radius 1 is 1.43 bits per heavy atom. The highest BCUT2D eigenvalue weighted by atomic mass is 16.5. The summed E-state index contributed by atoms with van der Waals surface area (Å²) >= 11 is 0. The normalized spacial score (nSPS) is 20.8. The number of anilines is 1. The first-order valence-corrected chi connectivity index (χ1v) is 7.84. The Morgan fingerprint density at radius 3 is 3.04 bits per heavy atom. The molecule has 1 saturated heterocycles. The van der Waals surface area contributed by atoms with E-state index in [0.717, 1.165) is 29.6 Å². The minimum atomic E-state index is -0.280. The number of nitrogens with zero attached hydrogens (tertiary/aromatic N) is 1. The third-order valence-electron chi connectivity index (χ3n) is 4.20. The molecule has 124 valence electrons. The van der Waals surface area contributed by atoms with E-state index in [-0.39, 0.29) is 11.6 Å². The number of fused-ring (bicyclic) bond motifs is 1. The number of carbonyl (C=O) groups excluding carboxylic acids is 1. The number of hydrogen-bond acceptors (Lipinski definition) is 3. The first-order valence-electron chi connectivity index (χ1n) is 7.84. The van der Waals surface area contributed by atoms with Gasteiger partial charge in [-0.1, -0.05) is 0 Å². The van der Waals surface area contributed by atoms with E-state index in [0.29, 0.717) is 19.8 Å². The Kier molecular flexibility index (Phi) is 4.54. The largest absolute Gasteiger partial charge is 0.383 e. The maximum absolute atomic E-state index is 12.2. The van der Waals surface area contributed by atoms with E-state index in [1.165, 1.54) is 0 Å². The second-order valence-corrected chi connectivity index (χ2v) is 6.22. The van der Waals surface area contributed by atoms with Gasteiger partial charge in [-0.3, -0.25) is 0 Å². The highest BCUT2D eigenvalue weighted by Gasteiger charge is 2.31. The highest BCUT2D eigenvalue weighted by molar-refractivity contribution is 5.93. The van der Waals surface area contributed by atoms with E-state index >= 15 is 0 Å². The molecule has 0 spiro atoms. The average Bonchev–Trinajstić information content (AvgIpc) is 3.11. The van der Waals surface area contributed by atoms with Crippen LogP contribution in [0.2, 0.25) is 0 Å². The molecule has 2 heterocycles. The third-order valence-corrected chi connectivity index (χ3v) is 4.20. The van der Waals surface area contributed by atoms with Gasteiger partial charge in [-0.2, -0.15) is 0 Å². The van der Waals surface area contributed by atoms with Gasteiger partial charge in [0.25, 0.3) is 0 Å². The first kappa shape index (κ1) is 15.8. The molecule has 1 atom stereocenters. The van der Waals surface area contributed by atoms with E-state index in [4.69, 9.17) is 9.47 Å². The van der Waals surface area contributed by atoms with Gasteiger partial charge in [-0.15, -0.1) is 0 Å². The maximum Gasteiger partial charge on any atom is 0.319 e. The summed E-state index contributed by atoms with van der Waals surface area (Å²) < 4.78 is 12.6. The Morgan fingerprint density at radius 2 is 2.30 bits per heavy atom. The second-order valence-electron chi connectivity index (χ2n) is 6.22. The molecule has 23 heavy (non-hydrogen) atoms. The topological polar surface area (TPSA) is 64.5 Å². The van der Waals surface area contributed by atoms with Gasteiger partial charge in [-0.25, -0.2) is 4.79 Å². The predicted molar refractivity (Wildman–Crippen MR) is 89.8 cm³/mol. The van der Waals surface area contributed by atoms with Crippen molar-refractivity contribution in [3.05, 3.63) is 30.5 Å². The quantitative estimate of drug-likeness (QED) is 0.891. The average molecular weight is 317 g/mol. The summed E-state index contributed by atoms with van der Waals surface area (Å²) in [5.41, 5.74) is 1.63. The summed E-state index contributed by atoms with van der Waals surface area (Å²) in [5.74, 6) is 0. The molecule has 0 unspecified atom stereocenters. The predicted octanol–water partition coefficient (Wildman–Crippen LogP) is 2.59. The molecule has 1 aromatic heterocycles. The number of benzene rings is 1. The van der Waals surface area contributed by atoms with Crippen molar-refractivity contribution in [2.24, 2.45) is 0 Å². The lowest BCUT2D eigenvalue weighted by Gasteiger charge is -2.23. The molecule has 0 aliphatic carbocycles. The van der Waals surface area contributed by atoms with Gasteiger partial charge in [0.05, 0.1) is 18.8 Å². The summed E-state index contributed by atoms with van der Waals surface area (Å²) in [6, 6.07) is 7.75. The minimum Gasteiger partial charge on any atom is -0.383 e. The number of methoxy groups -OCH3 is 1. The molecule has 0 saturated carbocycles. The van der Waals surface area contributed by atoms with Crippen LogP contribution in [0.15, 0.2) is 30.5 Å². The maximum atomic E-state index is 12.2. The Labute approximate surface area is 135 Å². The highest BCUT2D eigenvalue weighted by Crippen LogP contribution is 2.21. The molecule has 3 rings (SSSR count). The Bertz CT molecular complexity index is 689. The van der Waals surface area contributed by atoms with Crippen molar-refractivity contribution in [1.82, 2.24) is 9.88 Å². The van der Waals surface area contributed by atoms with Crippen LogP contribution in [0, 0.1) is 0 Å². The third kappa shape index (κ3) is 3.65. The van der Waals surface area contributed by atoms with Crippen LogP contribution >= 0.6 is 0 Å². The van der Waals surface area contributed by atoms with E-state index in [2.05, 4.69) is 15.2 Å². The van der Waals surface area contributed by atoms with Crippen LogP contribution in [-0.2, 0) is 16.0 Å². The van der Waals surface area contributed by atoms with Gasteiger partial charge in [0, 0.05) is 43.0 Å². The zero-order valence-corrected chi connectivity index (χ0v) is 13.6. The molecular formula is C17H23N3O3. The number of carbonyl (C=O) groups is 1. The number of nitrogens with one attached hydrogen (secondary N) is 2. The van der Waals surface area contributed by atoms with Crippen LogP contribution in [0.25, 0.3) is 10.9 Å². The van der Waals surface area contributed by atoms with Gasteiger partial charge in [0.2, 0.25) is 0 Å². The molecule has 2 amide bonds. The van der Waals surface area contributed by atoms with Crippen LogP contribution in [-0.4, -0.2) is 43.1 Å². The number of amides is 2. The van der Waals surface area contributed by atoms with E-state index in [1.54, 1.807) is 7.11 Å². The number of urea groups is 1. The van der Waals surface area contributed by atoms with Gasteiger partial charge in [0.1, 0.15) is 0 Å². The van der Waals surface area contributed by atoms with Crippen molar-refractivity contribution in [1.29, 1.82) is 0 Å². The standard InChI is InChI=1S/C17H23N3O3/c1-17(6-9-23-12-17)19-16(21)18-14-3-4-15-13(11-14)5-7-20(15)8-10-22-2/h3-5,7,11H,6,8-10,12H2,1-2H3,(H2,18,19,21)/t17-/m0/s1. The molecule has 2 N–H and O–H groups in total. The molecule has 1 aromatic carbocycles. The van der Waals surface area contributed by atoms with Gasteiger partial charge < -0.3 is 24.7 Å². The Balaban J connectivity index is 1.67. The van der Waals surface area contributed by atoms with Crippen LogP contribution in [0.1, 0.15) is 13.3 Å². The zero-order chi connectivity index (χ0) is 16.3. The van der Waals surface area contributed by atoms with Crippen molar-refractivity contribution >= 4 is 22.6 Å². The molecule has 1 aliphatic rings. The smallest absolute Gasteiger partial charge is 0.319 e. The number of rotatable bonds is 5. The van der Waals surface area contributed by atoms with Crippen molar-refractivity contribution in [2.75, 3.05) is 32.2 Å². The van der Waals surface area contributed by atoms with E-state index in [9.17, 15) is 4.79 Å². The molecule has 1 aliphatic heterocycles. The van der Waals surface area contributed by atoms with Crippen LogP contribution in [0.3, 0.4) is 0 Å². The lowest BCUT2D eigenvalue weighted by Crippen LogP contribution is -2.48. The number of ether oxygens (including phenoxy) is 2. The van der Waals surface area contributed by atoms with Gasteiger partial charge in [0.15, 0.2) is 0 Å². The SMILES string of the molecule is COCCn1ccc2cc(NC(=O)N[C@@]3(C)CCOC3)ccc21. The lowest BCUT2D eigenvalue weighted by atomic mass is 10.0. The summed E-state index contributed by atoms with van der Waals surface area (Å²) in [6.07, 6.45) is 2.87. The van der Waals surface area contributed by atoms with Crippen molar-refractivity contribution in [3.8, 4) is 0 Å². The van der Waals surface area contributed by atoms with Crippen LogP contribution in [0.5, 0.6) is 0 Å². The summed E-state index contributed by atoms with van der Waals surface area (Å²) in [7, 11) is 1.70. The molecule has 1 fully saturated rings. The molecule has 6 heteroatoms. The zero-order valence-electron chi connectivity index (χ0n) is 13.6. The molecule has 0 bridgehead atoms. The van der Waals surface area contributed by atoms with Crippen LogP contribution < -0.4 is 10.6 Å². The fourth-order valence-electron chi connectivity index (χ4n) is 2.86. The van der Waals surface area contributed by atoms with Crippen molar-refractivity contribution in [3.63, 3.8) is 0 Å². The fraction of sp³-hybridized carbons (Fsp3) is 0.471. The molecule has 6 nitrogen and oxygen atoms in total.